The molecule has 3 aliphatic rings. The van der Waals surface area contributed by atoms with Gasteiger partial charge in [-0.3, -0.25) is 0 Å². The van der Waals surface area contributed by atoms with Crippen molar-refractivity contribution in [2.75, 3.05) is 0 Å². The van der Waals surface area contributed by atoms with E-state index in [1.54, 1.807) is 0 Å². The van der Waals surface area contributed by atoms with Gasteiger partial charge in [-0.25, -0.2) is 0 Å². The summed E-state index contributed by atoms with van der Waals surface area (Å²) in [5.74, 6) is 4.25. The Labute approximate surface area is 120 Å². The molecule has 0 aromatic carbocycles. The second-order valence-corrected chi connectivity index (χ2v) is 8.42. The number of rotatable bonds is 3. The maximum atomic E-state index is 3.96. The third-order valence-electron chi connectivity index (χ3n) is 6.08. The van der Waals surface area contributed by atoms with Gasteiger partial charge in [-0.2, -0.15) is 0 Å². The lowest BCUT2D eigenvalue weighted by atomic mass is 9.79. The summed E-state index contributed by atoms with van der Waals surface area (Å²) in [6, 6.07) is 5.92. The molecular weight excluding hydrogens is 250 g/mol. The van der Waals surface area contributed by atoms with Crippen LogP contribution in [0, 0.1) is 30.6 Å². The fraction of sp³-hybridized carbons (Fsp3) is 0.765. The second-order valence-electron chi connectivity index (χ2n) is 7.10. The van der Waals surface area contributed by atoms with Crippen molar-refractivity contribution in [3.63, 3.8) is 0 Å². The summed E-state index contributed by atoms with van der Waals surface area (Å²) in [6.07, 6.45) is 7.56. The Morgan fingerprint density at radius 1 is 1.16 bits per heavy atom. The van der Waals surface area contributed by atoms with E-state index < -0.39 is 0 Å². The van der Waals surface area contributed by atoms with Crippen LogP contribution in [0.25, 0.3) is 0 Å². The molecule has 6 atom stereocenters. The van der Waals surface area contributed by atoms with Gasteiger partial charge in [-0.05, 0) is 75.3 Å². The van der Waals surface area contributed by atoms with Gasteiger partial charge in [0.2, 0.25) is 0 Å². The molecule has 3 aliphatic carbocycles. The molecule has 19 heavy (non-hydrogen) atoms. The molecule has 0 spiro atoms. The molecule has 3 saturated carbocycles. The highest BCUT2D eigenvalue weighted by molar-refractivity contribution is 7.12. The SMILES string of the molecule is Cc1ccc(C(C)NC2CC3CC2C2CCCC32)s1. The van der Waals surface area contributed by atoms with Crippen molar-refractivity contribution in [3.05, 3.63) is 21.9 Å². The van der Waals surface area contributed by atoms with Gasteiger partial charge in [0, 0.05) is 21.8 Å². The largest absolute Gasteiger partial charge is 0.306 e. The van der Waals surface area contributed by atoms with Gasteiger partial charge in [-0.1, -0.05) is 6.42 Å². The maximum Gasteiger partial charge on any atom is 0.0388 e. The molecule has 0 radical (unpaired) electrons. The molecule has 0 aliphatic heterocycles. The minimum absolute atomic E-state index is 0.544. The van der Waals surface area contributed by atoms with Crippen molar-refractivity contribution in [2.24, 2.45) is 23.7 Å². The lowest BCUT2D eigenvalue weighted by Gasteiger charge is -2.33. The van der Waals surface area contributed by atoms with E-state index in [0.717, 1.165) is 29.7 Å². The van der Waals surface area contributed by atoms with E-state index in [-0.39, 0.29) is 0 Å². The van der Waals surface area contributed by atoms with Crippen LogP contribution in [0.15, 0.2) is 12.1 Å². The second kappa shape index (κ2) is 4.60. The van der Waals surface area contributed by atoms with Crippen molar-refractivity contribution in [1.82, 2.24) is 5.32 Å². The highest BCUT2D eigenvalue weighted by Crippen LogP contribution is 2.58. The van der Waals surface area contributed by atoms with Crippen LogP contribution < -0.4 is 5.32 Å². The average molecular weight is 275 g/mol. The van der Waals surface area contributed by atoms with E-state index in [1.165, 1.54) is 41.9 Å². The van der Waals surface area contributed by atoms with Gasteiger partial charge in [-0.15, -0.1) is 11.3 Å². The lowest BCUT2D eigenvalue weighted by molar-refractivity contribution is 0.200. The fourth-order valence-electron chi connectivity index (χ4n) is 5.35. The van der Waals surface area contributed by atoms with Crippen LogP contribution in [-0.2, 0) is 0 Å². The Morgan fingerprint density at radius 2 is 2.00 bits per heavy atom. The van der Waals surface area contributed by atoms with Crippen molar-refractivity contribution in [2.45, 2.75) is 58.0 Å². The zero-order valence-corrected chi connectivity index (χ0v) is 12.9. The van der Waals surface area contributed by atoms with E-state index in [2.05, 4.69) is 31.3 Å². The Hall–Kier alpha value is -0.340. The van der Waals surface area contributed by atoms with Crippen LogP contribution >= 0.6 is 11.3 Å². The number of fused-ring (bicyclic) bond motifs is 5. The highest BCUT2D eigenvalue weighted by Gasteiger charge is 2.53. The predicted molar refractivity (Wildman–Crippen MR) is 81.4 cm³/mol. The van der Waals surface area contributed by atoms with Crippen molar-refractivity contribution >= 4 is 11.3 Å². The third-order valence-corrected chi connectivity index (χ3v) is 7.26. The van der Waals surface area contributed by atoms with Crippen LogP contribution in [0.3, 0.4) is 0 Å². The van der Waals surface area contributed by atoms with Crippen LogP contribution in [0.5, 0.6) is 0 Å². The molecule has 3 fully saturated rings. The number of aryl methyl sites for hydroxylation is 1. The molecule has 1 aromatic rings. The predicted octanol–water partition coefficient (Wildman–Crippen LogP) is 4.53. The summed E-state index contributed by atoms with van der Waals surface area (Å²) in [4.78, 5) is 2.95. The molecule has 6 unspecified atom stereocenters. The molecule has 2 heteroatoms. The molecule has 0 saturated heterocycles. The maximum absolute atomic E-state index is 3.96. The summed E-state index contributed by atoms with van der Waals surface area (Å²) in [5.41, 5.74) is 0. The van der Waals surface area contributed by atoms with Gasteiger partial charge < -0.3 is 5.32 Å². The molecule has 1 aromatic heterocycles. The van der Waals surface area contributed by atoms with Gasteiger partial charge in [0.1, 0.15) is 0 Å². The van der Waals surface area contributed by atoms with Crippen LogP contribution in [0.1, 0.15) is 54.8 Å². The first kappa shape index (κ1) is 12.4. The third kappa shape index (κ3) is 1.99. The van der Waals surface area contributed by atoms with Gasteiger partial charge in [0.25, 0.3) is 0 Å². The number of nitrogens with one attached hydrogen (secondary N) is 1. The first-order chi connectivity index (χ1) is 9.22. The van der Waals surface area contributed by atoms with Gasteiger partial charge in [0.05, 0.1) is 0 Å². The van der Waals surface area contributed by atoms with Crippen molar-refractivity contribution < 1.29 is 0 Å². The highest BCUT2D eigenvalue weighted by atomic mass is 32.1. The molecule has 4 rings (SSSR count). The fourth-order valence-corrected chi connectivity index (χ4v) is 6.24. The van der Waals surface area contributed by atoms with Gasteiger partial charge >= 0.3 is 0 Å². The number of hydrogen-bond donors (Lipinski definition) is 1. The minimum atomic E-state index is 0.544. The molecule has 2 bridgehead atoms. The summed E-state index contributed by atoms with van der Waals surface area (Å²) >= 11 is 1.96. The molecule has 1 N–H and O–H groups in total. The minimum Gasteiger partial charge on any atom is -0.306 e. The molecular formula is C17H25NS. The standard InChI is InChI=1S/C17H25NS/c1-10-6-7-17(19-10)11(2)18-16-9-12-8-15(16)14-5-3-4-13(12)14/h6-7,11-16,18H,3-5,8-9H2,1-2H3. The number of thiophene rings is 1. The van der Waals surface area contributed by atoms with E-state index in [1.807, 2.05) is 11.3 Å². The summed E-state index contributed by atoms with van der Waals surface area (Å²) < 4.78 is 0. The van der Waals surface area contributed by atoms with Gasteiger partial charge in [0.15, 0.2) is 0 Å². The van der Waals surface area contributed by atoms with E-state index in [9.17, 15) is 0 Å². The normalized spacial score (nSPS) is 41.7. The van der Waals surface area contributed by atoms with Crippen LogP contribution in [0.4, 0.5) is 0 Å². The first-order valence-corrected chi connectivity index (χ1v) is 8.86. The van der Waals surface area contributed by atoms with Crippen molar-refractivity contribution in [1.29, 1.82) is 0 Å². The van der Waals surface area contributed by atoms with E-state index in [0.29, 0.717) is 6.04 Å². The molecule has 1 nitrogen and oxygen atoms in total. The average Bonchev–Trinajstić information content (AvgIpc) is 3.08. The first-order valence-electron chi connectivity index (χ1n) is 8.05. The Balaban J connectivity index is 1.44. The van der Waals surface area contributed by atoms with E-state index >= 15 is 0 Å². The van der Waals surface area contributed by atoms with E-state index in [4.69, 9.17) is 0 Å². The molecule has 0 amide bonds. The van der Waals surface area contributed by atoms with Crippen LogP contribution in [-0.4, -0.2) is 6.04 Å². The summed E-state index contributed by atoms with van der Waals surface area (Å²) in [7, 11) is 0. The Kier molecular flexibility index (Phi) is 3.00. The lowest BCUT2D eigenvalue weighted by Crippen LogP contribution is -2.40. The number of hydrogen-bond acceptors (Lipinski definition) is 2. The quantitative estimate of drug-likeness (QED) is 0.854. The molecule has 1 heterocycles. The van der Waals surface area contributed by atoms with Crippen molar-refractivity contribution in [3.8, 4) is 0 Å². The smallest absolute Gasteiger partial charge is 0.0388 e. The zero-order valence-electron chi connectivity index (χ0n) is 12.1. The monoisotopic (exact) mass is 275 g/mol. The summed E-state index contributed by atoms with van der Waals surface area (Å²) in [5, 5.41) is 3.96. The topological polar surface area (TPSA) is 12.0 Å². The zero-order chi connectivity index (χ0) is 13.0. The Bertz CT molecular complexity index is 466. The Morgan fingerprint density at radius 3 is 2.79 bits per heavy atom. The van der Waals surface area contributed by atoms with Crippen LogP contribution in [0.2, 0.25) is 0 Å². The molecule has 104 valence electrons. The summed E-state index contributed by atoms with van der Waals surface area (Å²) in [6.45, 7) is 4.56.